The fourth-order valence-electron chi connectivity index (χ4n) is 3.51. The van der Waals surface area contributed by atoms with Crippen LogP contribution in [0.25, 0.3) is 22.2 Å². The number of hydrogen-bond acceptors (Lipinski definition) is 4. The predicted octanol–water partition coefficient (Wildman–Crippen LogP) is 5.01. The molecule has 2 aromatic carbocycles. The summed E-state index contributed by atoms with van der Waals surface area (Å²) in [7, 11) is 1.66. The molecule has 0 saturated heterocycles. The van der Waals surface area contributed by atoms with E-state index in [1.807, 2.05) is 36.4 Å². The number of rotatable bonds is 6. The molecule has 2 heterocycles. The van der Waals surface area contributed by atoms with Gasteiger partial charge in [0.1, 0.15) is 5.75 Å². The number of H-pyrrole nitrogens is 1. The lowest BCUT2D eigenvalue weighted by atomic mass is 9.98. The molecule has 4 aromatic rings. The van der Waals surface area contributed by atoms with E-state index in [4.69, 9.17) is 9.47 Å². The molecule has 2 aromatic heterocycles. The second kappa shape index (κ2) is 8.19. The van der Waals surface area contributed by atoms with Gasteiger partial charge in [-0.2, -0.15) is 0 Å². The number of esters is 1. The molecule has 29 heavy (non-hydrogen) atoms. The quantitative estimate of drug-likeness (QED) is 0.473. The van der Waals surface area contributed by atoms with Gasteiger partial charge >= 0.3 is 5.97 Å². The van der Waals surface area contributed by atoms with E-state index in [1.165, 1.54) is 0 Å². The summed E-state index contributed by atoms with van der Waals surface area (Å²) in [5.41, 5.74) is 5.73. The number of pyridine rings is 1. The Kier molecular flexibility index (Phi) is 5.29. The summed E-state index contributed by atoms with van der Waals surface area (Å²) in [6, 6.07) is 18.1. The van der Waals surface area contributed by atoms with E-state index in [9.17, 15) is 4.79 Å². The first-order chi connectivity index (χ1) is 14.2. The van der Waals surface area contributed by atoms with Gasteiger partial charge in [-0.05, 0) is 41.8 Å². The van der Waals surface area contributed by atoms with Crippen LogP contribution in [0.1, 0.15) is 28.4 Å². The van der Waals surface area contributed by atoms with Crippen molar-refractivity contribution in [3.63, 3.8) is 0 Å². The number of benzene rings is 2. The highest BCUT2D eigenvalue weighted by atomic mass is 16.5. The average Bonchev–Trinajstić information content (AvgIpc) is 3.12. The maximum absolute atomic E-state index is 12.1. The molecule has 0 bridgehead atoms. The fourth-order valence-corrected chi connectivity index (χ4v) is 3.51. The van der Waals surface area contributed by atoms with Crippen LogP contribution in [0.2, 0.25) is 0 Å². The second-order valence-corrected chi connectivity index (χ2v) is 6.74. The third-order valence-electron chi connectivity index (χ3n) is 4.86. The zero-order valence-corrected chi connectivity index (χ0v) is 16.4. The third kappa shape index (κ3) is 3.85. The Bertz CT molecular complexity index is 1150. The van der Waals surface area contributed by atoms with Crippen molar-refractivity contribution < 1.29 is 14.3 Å². The molecule has 0 saturated carbocycles. The number of methoxy groups -OCH3 is 1. The predicted molar refractivity (Wildman–Crippen MR) is 113 cm³/mol. The number of aromatic nitrogens is 2. The van der Waals surface area contributed by atoms with E-state index in [0.717, 1.165) is 39.0 Å². The fraction of sp³-hybridized carbons (Fsp3) is 0.167. The molecule has 5 heteroatoms. The normalized spacial score (nSPS) is 10.8. The number of carbonyl (C=O) groups excluding carboxylic acids is 1. The summed E-state index contributed by atoms with van der Waals surface area (Å²) in [5, 5.41) is 1.12. The highest BCUT2D eigenvalue weighted by Crippen LogP contribution is 2.33. The first kappa shape index (κ1) is 18.7. The highest BCUT2D eigenvalue weighted by molar-refractivity contribution is 5.92. The van der Waals surface area contributed by atoms with Gasteiger partial charge in [0.25, 0.3) is 0 Å². The van der Waals surface area contributed by atoms with E-state index in [2.05, 4.69) is 28.2 Å². The minimum Gasteiger partial charge on any atom is -0.497 e. The molecule has 0 aliphatic heterocycles. The maximum Gasteiger partial charge on any atom is 0.339 e. The molecule has 0 fully saturated rings. The van der Waals surface area contributed by atoms with Crippen LogP contribution in [0.3, 0.4) is 0 Å². The van der Waals surface area contributed by atoms with Crippen LogP contribution in [0.4, 0.5) is 0 Å². The van der Waals surface area contributed by atoms with Crippen LogP contribution in [0.5, 0.6) is 5.75 Å². The van der Waals surface area contributed by atoms with Gasteiger partial charge in [0, 0.05) is 35.8 Å². The molecule has 0 spiro atoms. The standard InChI is InChI=1S/C24H22N2O3/c1-3-29-24(27)18-11-16(14-25-15-18)12-21-20-10-9-19(28-2)13-22(20)26-23(21)17-7-5-4-6-8-17/h4-11,13-15,26H,3,12H2,1-2H3. The van der Waals surface area contributed by atoms with Crippen molar-refractivity contribution >= 4 is 16.9 Å². The maximum atomic E-state index is 12.1. The van der Waals surface area contributed by atoms with Crippen LogP contribution in [-0.2, 0) is 11.2 Å². The zero-order chi connectivity index (χ0) is 20.2. The number of fused-ring (bicyclic) bond motifs is 1. The first-order valence-corrected chi connectivity index (χ1v) is 9.54. The van der Waals surface area contributed by atoms with Gasteiger partial charge in [0.05, 0.1) is 25.0 Å². The molecule has 0 unspecified atom stereocenters. The molecular weight excluding hydrogens is 364 g/mol. The van der Waals surface area contributed by atoms with E-state index in [-0.39, 0.29) is 5.97 Å². The number of nitrogens with zero attached hydrogens (tertiary/aromatic N) is 1. The molecule has 5 nitrogen and oxygen atoms in total. The lowest BCUT2D eigenvalue weighted by molar-refractivity contribution is 0.0525. The molecule has 0 amide bonds. The monoisotopic (exact) mass is 386 g/mol. The van der Waals surface area contributed by atoms with Gasteiger partial charge < -0.3 is 14.5 Å². The minimum atomic E-state index is -0.353. The summed E-state index contributed by atoms with van der Waals surface area (Å²) in [5.74, 6) is 0.449. The lowest BCUT2D eigenvalue weighted by Gasteiger charge is -2.07. The van der Waals surface area contributed by atoms with Crippen LogP contribution in [0, 0.1) is 0 Å². The van der Waals surface area contributed by atoms with E-state index >= 15 is 0 Å². The zero-order valence-electron chi connectivity index (χ0n) is 16.4. The summed E-state index contributed by atoms with van der Waals surface area (Å²) >= 11 is 0. The van der Waals surface area contributed by atoms with Crippen molar-refractivity contribution in [2.24, 2.45) is 0 Å². The van der Waals surface area contributed by atoms with Gasteiger partial charge in [-0.3, -0.25) is 4.98 Å². The van der Waals surface area contributed by atoms with Crippen LogP contribution in [-0.4, -0.2) is 29.7 Å². The highest BCUT2D eigenvalue weighted by Gasteiger charge is 2.16. The Morgan fingerprint density at radius 2 is 1.90 bits per heavy atom. The molecule has 146 valence electrons. The lowest BCUT2D eigenvalue weighted by Crippen LogP contribution is -2.06. The smallest absolute Gasteiger partial charge is 0.339 e. The van der Waals surface area contributed by atoms with Crippen molar-refractivity contribution in [2.75, 3.05) is 13.7 Å². The van der Waals surface area contributed by atoms with Crippen LogP contribution < -0.4 is 4.74 Å². The van der Waals surface area contributed by atoms with E-state index < -0.39 is 0 Å². The second-order valence-electron chi connectivity index (χ2n) is 6.74. The van der Waals surface area contributed by atoms with Crippen molar-refractivity contribution in [3.8, 4) is 17.0 Å². The van der Waals surface area contributed by atoms with Gasteiger partial charge in [-0.1, -0.05) is 30.3 Å². The first-order valence-electron chi connectivity index (χ1n) is 9.54. The molecular formula is C24H22N2O3. The largest absolute Gasteiger partial charge is 0.497 e. The summed E-state index contributed by atoms with van der Waals surface area (Å²) in [4.78, 5) is 19.9. The molecule has 0 aliphatic rings. The van der Waals surface area contributed by atoms with Gasteiger partial charge in [-0.15, -0.1) is 0 Å². The summed E-state index contributed by atoms with van der Waals surface area (Å²) in [6.45, 7) is 2.13. The molecule has 0 aliphatic carbocycles. The van der Waals surface area contributed by atoms with Crippen molar-refractivity contribution in [3.05, 3.63) is 83.7 Å². The molecule has 4 rings (SSSR count). The number of carbonyl (C=O) groups is 1. The number of hydrogen-bond donors (Lipinski definition) is 1. The van der Waals surface area contributed by atoms with Crippen molar-refractivity contribution in [1.82, 2.24) is 9.97 Å². The third-order valence-corrected chi connectivity index (χ3v) is 4.86. The Morgan fingerprint density at radius 3 is 2.66 bits per heavy atom. The average molecular weight is 386 g/mol. The Hall–Kier alpha value is -3.60. The minimum absolute atomic E-state index is 0.339. The number of aromatic amines is 1. The van der Waals surface area contributed by atoms with Gasteiger partial charge in [0.2, 0.25) is 0 Å². The summed E-state index contributed by atoms with van der Waals surface area (Å²) < 4.78 is 10.5. The topological polar surface area (TPSA) is 64.2 Å². The van der Waals surface area contributed by atoms with Crippen molar-refractivity contribution in [2.45, 2.75) is 13.3 Å². The van der Waals surface area contributed by atoms with Crippen molar-refractivity contribution in [1.29, 1.82) is 0 Å². The Balaban J connectivity index is 1.80. The number of ether oxygens (including phenoxy) is 2. The van der Waals surface area contributed by atoms with E-state index in [1.54, 1.807) is 26.4 Å². The van der Waals surface area contributed by atoms with Crippen LogP contribution >= 0.6 is 0 Å². The van der Waals surface area contributed by atoms with Crippen LogP contribution in [0.15, 0.2) is 67.0 Å². The summed E-state index contributed by atoms with van der Waals surface area (Å²) in [6.07, 6.45) is 3.97. The molecule has 0 atom stereocenters. The SMILES string of the molecule is CCOC(=O)c1cncc(Cc2c(-c3ccccc3)[nH]c3cc(OC)ccc23)c1. The molecule has 1 N–H and O–H groups in total. The van der Waals surface area contributed by atoms with E-state index in [0.29, 0.717) is 18.6 Å². The van der Waals surface area contributed by atoms with Gasteiger partial charge in [-0.25, -0.2) is 4.79 Å². The number of nitrogens with one attached hydrogen (secondary N) is 1. The molecule has 0 radical (unpaired) electrons. The Labute approximate surface area is 169 Å². The van der Waals surface area contributed by atoms with Gasteiger partial charge in [0.15, 0.2) is 0 Å². The Morgan fingerprint density at radius 1 is 1.07 bits per heavy atom.